The Hall–Kier alpha value is -1.94. The summed E-state index contributed by atoms with van der Waals surface area (Å²) in [4.78, 5) is 5.95. The molecule has 0 radical (unpaired) electrons. The van der Waals surface area contributed by atoms with Crippen molar-refractivity contribution in [2.24, 2.45) is 0 Å². The highest BCUT2D eigenvalue weighted by Gasteiger charge is 2.20. The number of aromatic nitrogens is 1. The predicted octanol–water partition coefficient (Wildman–Crippen LogP) is 6.15. The molecule has 0 saturated carbocycles. The summed E-state index contributed by atoms with van der Waals surface area (Å²) in [6, 6.07) is 6.03. The van der Waals surface area contributed by atoms with Crippen molar-refractivity contribution in [1.29, 1.82) is 0 Å². The van der Waals surface area contributed by atoms with Crippen LogP contribution in [0.5, 0.6) is 0 Å². The van der Waals surface area contributed by atoms with Gasteiger partial charge in [0.1, 0.15) is 27.4 Å². The lowest BCUT2D eigenvalue weighted by molar-refractivity contribution is 0.172. The summed E-state index contributed by atoms with van der Waals surface area (Å²) in [5.41, 5.74) is 2.99. The number of thiazole rings is 1. The molecule has 0 amide bonds. The van der Waals surface area contributed by atoms with E-state index in [1.807, 2.05) is 6.07 Å². The van der Waals surface area contributed by atoms with E-state index in [4.69, 9.17) is 11.6 Å². The molecule has 10 heteroatoms. The fraction of sp³-hybridized carbons (Fsp3) is 0.250. The second-order valence-electron chi connectivity index (χ2n) is 6.80. The Morgan fingerprint density at radius 3 is 2.73 bits per heavy atom. The fourth-order valence-electron chi connectivity index (χ4n) is 3.08. The van der Waals surface area contributed by atoms with Crippen LogP contribution in [0.3, 0.4) is 0 Å². The van der Waals surface area contributed by atoms with Crippen LogP contribution in [-0.2, 0) is 13.1 Å². The highest BCUT2D eigenvalue weighted by Crippen LogP contribution is 2.36. The van der Waals surface area contributed by atoms with E-state index in [1.54, 1.807) is 17.0 Å². The normalized spacial score (nSPS) is 13.9. The van der Waals surface area contributed by atoms with E-state index in [-0.39, 0.29) is 28.0 Å². The van der Waals surface area contributed by atoms with E-state index in [2.05, 4.69) is 19.9 Å². The van der Waals surface area contributed by atoms with E-state index in [0.717, 1.165) is 43.1 Å². The summed E-state index contributed by atoms with van der Waals surface area (Å²) in [7, 11) is 0. The van der Waals surface area contributed by atoms with Crippen LogP contribution >= 0.6 is 34.9 Å². The minimum absolute atomic E-state index is 0.0675. The van der Waals surface area contributed by atoms with Gasteiger partial charge < -0.3 is 10.0 Å². The molecule has 4 nitrogen and oxygen atoms in total. The Balaban J connectivity index is 1.50. The zero-order valence-corrected chi connectivity index (χ0v) is 18.1. The molecule has 1 fully saturated rings. The first-order valence-electron chi connectivity index (χ1n) is 9.24. The Labute approximate surface area is 185 Å². The second kappa shape index (κ2) is 9.47. The molecule has 158 valence electrons. The lowest BCUT2D eigenvalue weighted by Crippen LogP contribution is -2.36. The second-order valence-corrected chi connectivity index (χ2v) is 8.71. The van der Waals surface area contributed by atoms with Crippen LogP contribution in [0.1, 0.15) is 17.5 Å². The van der Waals surface area contributed by atoms with Crippen molar-refractivity contribution >= 4 is 46.4 Å². The van der Waals surface area contributed by atoms with Gasteiger partial charge in [0.2, 0.25) is 0 Å². The molecule has 0 unspecified atom stereocenters. The lowest BCUT2D eigenvalue weighted by atomic mass is 10.0. The van der Waals surface area contributed by atoms with Crippen molar-refractivity contribution in [2.75, 3.05) is 23.1 Å². The molecule has 1 aliphatic rings. The molecule has 1 aliphatic heterocycles. The first kappa shape index (κ1) is 21.3. The summed E-state index contributed by atoms with van der Waals surface area (Å²) in [6.07, 6.45) is 1.14. The van der Waals surface area contributed by atoms with Crippen LogP contribution in [0, 0.1) is 17.5 Å². The molecular weight excluding hydrogens is 453 g/mol. The highest BCUT2D eigenvalue weighted by atomic mass is 35.5. The zero-order valence-electron chi connectivity index (χ0n) is 15.7. The van der Waals surface area contributed by atoms with Crippen LogP contribution in [0.15, 0.2) is 40.1 Å². The van der Waals surface area contributed by atoms with E-state index in [1.165, 1.54) is 17.4 Å². The molecule has 4 rings (SSSR count). The summed E-state index contributed by atoms with van der Waals surface area (Å²) < 4.78 is 46.4. The summed E-state index contributed by atoms with van der Waals surface area (Å²) in [5.74, 6) is -1.53. The van der Waals surface area contributed by atoms with Crippen LogP contribution in [-0.4, -0.2) is 23.0 Å². The number of nitrogens with zero attached hydrogens (tertiary/aromatic N) is 2. The number of rotatable bonds is 8. The molecule has 1 aromatic heterocycles. The molecular formula is C20H18ClF3N4S2. The topological polar surface area (TPSA) is 40.2 Å². The quantitative estimate of drug-likeness (QED) is 0.305. The number of anilines is 2. The van der Waals surface area contributed by atoms with Gasteiger partial charge in [0, 0.05) is 24.0 Å². The number of hydrogen-bond donors (Lipinski definition) is 2. The molecule has 2 heterocycles. The fourth-order valence-corrected chi connectivity index (χ4v) is 4.58. The first-order chi connectivity index (χ1) is 14.5. The number of benzene rings is 2. The summed E-state index contributed by atoms with van der Waals surface area (Å²) in [5, 5.41) is 4.35. The van der Waals surface area contributed by atoms with E-state index in [0.29, 0.717) is 17.9 Å². The average Bonchev–Trinajstić information content (AvgIpc) is 3.21. The van der Waals surface area contributed by atoms with E-state index >= 15 is 0 Å². The highest BCUT2D eigenvalue weighted by molar-refractivity contribution is 8.00. The molecule has 30 heavy (non-hydrogen) atoms. The van der Waals surface area contributed by atoms with Gasteiger partial charge in [-0.25, -0.2) is 18.2 Å². The first-order valence-corrected chi connectivity index (χ1v) is 11.4. The smallest absolute Gasteiger partial charge is 0.162 e. The number of nitrogens with one attached hydrogen (secondary N) is 2. The summed E-state index contributed by atoms with van der Waals surface area (Å²) in [6.45, 7) is 2.68. The molecule has 1 saturated heterocycles. The van der Waals surface area contributed by atoms with Crippen LogP contribution in [0.2, 0.25) is 5.02 Å². The lowest BCUT2D eigenvalue weighted by Gasteiger charge is -2.31. The maximum atomic E-state index is 14.7. The third kappa shape index (κ3) is 4.69. The molecule has 2 N–H and O–H groups in total. The Morgan fingerprint density at radius 1 is 1.20 bits per heavy atom. The Bertz CT molecular complexity index is 1030. The molecule has 2 aromatic carbocycles. The average molecular weight is 471 g/mol. The third-order valence-electron chi connectivity index (χ3n) is 4.82. The largest absolute Gasteiger partial charge is 0.379 e. The van der Waals surface area contributed by atoms with Gasteiger partial charge in [-0.3, -0.25) is 4.90 Å². The van der Waals surface area contributed by atoms with Gasteiger partial charge in [-0.1, -0.05) is 23.7 Å². The zero-order chi connectivity index (χ0) is 21.1. The van der Waals surface area contributed by atoms with Crippen molar-refractivity contribution in [1.82, 2.24) is 9.88 Å². The summed E-state index contributed by atoms with van der Waals surface area (Å²) >= 11 is 8.25. The van der Waals surface area contributed by atoms with Gasteiger partial charge in [0.05, 0.1) is 11.2 Å². The minimum atomic E-state index is -0.888. The molecule has 0 bridgehead atoms. The third-order valence-corrected chi connectivity index (χ3v) is 6.67. The standard InChI is InChI=1S/C20H18ClF3N4S2/c21-18-16(7-15(23)20(19(18)24)30-27-17-10-29-11-26-17)25-8-13-12(3-1-4-14(13)22)9-28-5-2-6-28/h1,3-4,7,10-11,25,27H,2,5-6,8-9H2. The van der Waals surface area contributed by atoms with Crippen LogP contribution < -0.4 is 10.0 Å². The monoisotopic (exact) mass is 470 g/mol. The maximum Gasteiger partial charge on any atom is 0.162 e. The van der Waals surface area contributed by atoms with Gasteiger partial charge in [-0.05, 0) is 49.2 Å². The van der Waals surface area contributed by atoms with Gasteiger partial charge in [-0.15, -0.1) is 11.3 Å². The van der Waals surface area contributed by atoms with Gasteiger partial charge in [0.15, 0.2) is 5.82 Å². The molecule has 0 atom stereocenters. The predicted molar refractivity (Wildman–Crippen MR) is 117 cm³/mol. The van der Waals surface area contributed by atoms with Crippen molar-refractivity contribution in [3.63, 3.8) is 0 Å². The van der Waals surface area contributed by atoms with Gasteiger partial charge in [-0.2, -0.15) is 0 Å². The van der Waals surface area contributed by atoms with Crippen molar-refractivity contribution in [3.8, 4) is 0 Å². The van der Waals surface area contributed by atoms with Crippen LogP contribution in [0.25, 0.3) is 0 Å². The van der Waals surface area contributed by atoms with Crippen molar-refractivity contribution in [3.05, 3.63) is 68.8 Å². The van der Waals surface area contributed by atoms with Crippen molar-refractivity contribution in [2.45, 2.75) is 24.4 Å². The van der Waals surface area contributed by atoms with E-state index in [9.17, 15) is 13.2 Å². The Kier molecular flexibility index (Phi) is 6.72. The number of hydrogen-bond acceptors (Lipinski definition) is 6. The Morgan fingerprint density at radius 2 is 2.03 bits per heavy atom. The van der Waals surface area contributed by atoms with Crippen molar-refractivity contribution < 1.29 is 13.2 Å². The van der Waals surface area contributed by atoms with Gasteiger partial charge >= 0.3 is 0 Å². The number of likely N-dealkylation sites (tertiary alicyclic amines) is 1. The molecule has 3 aromatic rings. The molecule has 0 spiro atoms. The van der Waals surface area contributed by atoms with Gasteiger partial charge in [0.25, 0.3) is 0 Å². The van der Waals surface area contributed by atoms with E-state index < -0.39 is 11.6 Å². The molecule has 0 aliphatic carbocycles. The number of halogens is 4. The van der Waals surface area contributed by atoms with Crippen LogP contribution in [0.4, 0.5) is 24.7 Å². The SMILES string of the molecule is Fc1cccc(CN2CCC2)c1CNc1cc(F)c(SNc2cscn2)c(F)c1Cl. The maximum absolute atomic E-state index is 14.7. The minimum Gasteiger partial charge on any atom is -0.379 e.